The minimum Gasteiger partial charge on any atom is -0.375 e. The Morgan fingerprint density at radius 1 is 1.46 bits per heavy atom. The first kappa shape index (κ1) is 21.3. The smallest absolute Gasteiger partial charge is 0.194 e. The second kappa shape index (κ2) is 10.3. The molecule has 2 heterocycles. The van der Waals surface area contributed by atoms with E-state index in [1.807, 2.05) is 14.0 Å². The molecule has 0 amide bonds. The van der Waals surface area contributed by atoms with Gasteiger partial charge < -0.3 is 15.0 Å². The van der Waals surface area contributed by atoms with E-state index in [-0.39, 0.29) is 30.1 Å². The molecule has 0 aliphatic rings. The minimum atomic E-state index is 0. The van der Waals surface area contributed by atoms with Crippen molar-refractivity contribution in [3.05, 3.63) is 38.0 Å². The molecule has 0 bridgehead atoms. The lowest BCUT2D eigenvalue weighted by Gasteiger charge is -2.21. The van der Waals surface area contributed by atoms with Gasteiger partial charge in [0.05, 0.1) is 18.8 Å². The molecule has 0 aromatic carbocycles. The van der Waals surface area contributed by atoms with Crippen LogP contribution in [0.2, 0.25) is 0 Å². The van der Waals surface area contributed by atoms with Crippen molar-refractivity contribution in [3.63, 3.8) is 0 Å². The number of guanidine groups is 1. The number of nitrogens with one attached hydrogen (secondary N) is 1. The van der Waals surface area contributed by atoms with Crippen LogP contribution in [-0.2, 0) is 17.8 Å². The highest BCUT2D eigenvalue weighted by Crippen LogP contribution is 2.21. The number of methoxy groups -OCH3 is 1. The van der Waals surface area contributed by atoms with Crippen molar-refractivity contribution in [3.8, 4) is 0 Å². The Labute approximate surface area is 169 Å². The standard InChI is InChI=1S/C16H24N4OS2.HI/c1-11-6-7-22-14(11)8-18-16(17-3)20(4)9-13-10-23-15(19-13)12(2)21-5;/h6-7,10,12H,8-9H2,1-5H3,(H,17,18);1H. The van der Waals surface area contributed by atoms with Gasteiger partial charge in [-0.15, -0.1) is 46.7 Å². The molecule has 5 nitrogen and oxygen atoms in total. The zero-order valence-corrected chi connectivity index (χ0v) is 18.7. The summed E-state index contributed by atoms with van der Waals surface area (Å²) in [6.45, 7) is 5.66. The Morgan fingerprint density at radius 2 is 2.21 bits per heavy atom. The third-order valence-electron chi connectivity index (χ3n) is 3.62. The Morgan fingerprint density at radius 3 is 2.79 bits per heavy atom. The summed E-state index contributed by atoms with van der Waals surface area (Å²) in [6, 6.07) is 2.14. The van der Waals surface area contributed by atoms with E-state index in [1.54, 1.807) is 36.8 Å². The van der Waals surface area contributed by atoms with E-state index in [2.05, 4.69) is 43.9 Å². The number of hydrogen-bond donors (Lipinski definition) is 1. The van der Waals surface area contributed by atoms with Gasteiger partial charge in [-0.3, -0.25) is 4.99 Å². The predicted octanol–water partition coefficient (Wildman–Crippen LogP) is 4.05. The average molecular weight is 480 g/mol. The van der Waals surface area contributed by atoms with Gasteiger partial charge in [-0.25, -0.2) is 4.98 Å². The highest BCUT2D eigenvalue weighted by atomic mass is 127. The molecule has 134 valence electrons. The Kier molecular flexibility index (Phi) is 9.17. The largest absolute Gasteiger partial charge is 0.375 e. The number of aryl methyl sites for hydroxylation is 1. The van der Waals surface area contributed by atoms with E-state index in [0.29, 0.717) is 0 Å². The summed E-state index contributed by atoms with van der Waals surface area (Å²) in [5.74, 6) is 0.868. The number of thiazole rings is 1. The van der Waals surface area contributed by atoms with Crippen molar-refractivity contribution in [2.45, 2.75) is 33.0 Å². The molecule has 2 aromatic heterocycles. The molecular formula is C16H25IN4OS2. The number of thiophene rings is 1. The number of hydrogen-bond acceptors (Lipinski definition) is 5. The highest BCUT2D eigenvalue weighted by molar-refractivity contribution is 14.0. The van der Waals surface area contributed by atoms with Crippen molar-refractivity contribution < 1.29 is 4.74 Å². The van der Waals surface area contributed by atoms with Crippen LogP contribution >= 0.6 is 46.7 Å². The first-order valence-electron chi connectivity index (χ1n) is 7.47. The van der Waals surface area contributed by atoms with Crippen molar-refractivity contribution in [2.75, 3.05) is 21.2 Å². The van der Waals surface area contributed by atoms with Gasteiger partial charge in [-0.1, -0.05) is 0 Å². The zero-order valence-electron chi connectivity index (χ0n) is 14.7. The summed E-state index contributed by atoms with van der Waals surface area (Å²) in [5, 5.41) is 8.62. The van der Waals surface area contributed by atoms with Gasteiger partial charge in [-0.2, -0.15) is 0 Å². The normalized spacial score (nSPS) is 12.6. The molecule has 0 saturated carbocycles. The van der Waals surface area contributed by atoms with Crippen LogP contribution in [0.3, 0.4) is 0 Å². The minimum absolute atomic E-state index is 0. The van der Waals surface area contributed by atoms with Gasteiger partial charge in [-0.05, 0) is 30.9 Å². The molecule has 24 heavy (non-hydrogen) atoms. The van der Waals surface area contributed by atoms with E-state index in [1.165, 1.54) is 10.4 Å². The number of halogens is 1. The van der Waals surface area contributed by atoms with Crippen LogP contribution in [0.5, 0.6) is 0 Å². The Bertz CT molecular complexity index is 656. The van der Waals surface area contributed by atoms with Crippen molar-refractivity contribution in [1.82, 2.24) is 15.2 Å². The van der Waals surface area contributed by atoms with Crippen LogP contribution in [0.4, 0.5) is 0 Å². The number of rotatable bonds is 6. The SMILES string of the molecule is CN=C(NCc1sccc1C)N(C)Cc1csc(C(C)OC)n1.I. The molecule has 2 aromatic rings. The molecule has 0 spiro atoms. The molecule has 0 radical (unpaired) electrons. The lowest BCUT2D eigenvalue weighted by atomic mass is 10.3. The third kappa shape index (κ3) is 5.68. The lowest BCUT2D eigenvalue weighted by Crippen LogP contribution is -2.38. The van der Waals surface area contributed by atoms with Gasteiger partial charge in [0.25, 0.3) is 0 Å². The first-order chi connectivity index (χ1) is 11.0. The molecule has 0 saturated heterocycles. The van der Waals surface area contributed by atoms with Crippen molar-refractivity contribution in [2.24, 2.45) is 4.99 Å². The van der Waals surface area contributed by atoms with Crippen LogP contribution in [0, 0.1) is 6.92 Å². The monoisotopic (exact) mass is 480 g/mol. The summed E-state index contributed by atoms with van der Waals surface area (Å²) in [6.07, 6.45) is 0.0401. The molecule has 0 fully saturated rings. The maximum Gasteiger partial charge on any atom is 0.194 e. The van der Waals surface area contributed by atoms with E-state index < -0.39 is 0 Å². The van der Waals surface area contributed by atoms with Crippen molar-refractivity contribution in [1.29, 1.82) is 0 Å². The lowest BCUT2D eigenvalue weighted by molar-refractivity contribution is 0.119. The van der Waals surface area contributed by atoms with Crippen LogP contribution in [0.1, 0.15) is 34.2 Å². The number of aromatic nitrogens is 1. The summed E-state index contributed by atoms with van der Waals surface area (Å²) >= 11 is 3.40. The predicted molar refractivity (Wildman–Crippen MR) is 114 cm³/mol. The number of aliphatic imine (C=N–C) groups is 1. The fraction of sp³-hybridized carbons (Fsp3) is 0.500. The van der Waals surface area contributed by atoms with Gasteiger partial charge >= 0.3 is 0 Å². The van der Waals surface area contributed by atoms with Gasteiger partial charge in [0.2, 0.25) is 0 Å². The zero-order chi connectivity index (χ0) is 16.8. The molecule has 8 heteroatoms. The molecule has 1 atom stereocenters. The third-order valence-corrected chi connectivity index (χ3v) is 5.70. The van der Waals surface area contributed by atoms with Crippen LogP contribution in [0.15, 0.2) is 21.8 Å². The Hall–Kier alpha value is -0.710. The molecule has 1 unspecified atom stereocenters. The average Bonchev–Trinajstić information content (AvgIpc) is 3.16. The van der Waals surface area contributed by atoms with E-state index in [9.17, 15) is 0 Å². The molecule has 1 N–H and O–H groups in total. The van der Waals surface area contributed by atoms with Crippen LogP contribution < -0.4 is 5.32 Å². The molecule has 2 rings (SSSR count). The Balaban J connectivity index is 0.00000288. The topological polar surface area (TPSA) is 49.8 Å². The van der Waals surface area contributed by atoms with E-state index in [4.69, 9.17) is 4.74 Å². The fourth-order valence-electron chi connectivity index (χ4n) is 2.13. The van der Waals surface area contributed by atoms with Crippen molar-refractivity contribution >= 4 is 52.6 Å². The second-order valence-corrected chi connectivity index (χ2v) is 7.23. The second-order valence-electron chi connectivity index (χ2n) is 5.34. The quantitative estimate of drug-likeness (QED) is 0.385. The fourth-order valence-corrected chi connectivity index (χ4v) is 3.82. The highest BCUT2D eigenvalue weighted by Gasteiger charge is 2.13. The van der Waals surface area contributed by atoms with Gasteiger partial charge in [0.15, 0.2) is 5.96 Å². The molecule has 0 aliphatic heterocycles. The molecule has 0 aliphatic carbocycles. The molecular weight excluding hydrogens is 455 g/mol. The maximum atomic E-state index is 5.31. The maximum absolute atomic E-state index is 5.31. The van der Waals surface area contributed by atoms with Crippen LogP contribution in [0.25, 0.3) is 0 Å². The number of nitrogens with zero attached hydrogens (tertiary/aromatic N) is 3. The first-order valence-corrected chi connectivity index (χ1v) is 9.23. The van der Waals surface area contributed by atoms with E-state index in [0.717, 1.165) is 29.8 Å². The van der Waals surface area contributed by atoms with Gasteiger partial charge in [0, 0.05) is 31.5 Å². The summed E-state index contributed by atoms with van der Waals surface area (Å²) in [5.41, 5.74) is 2.35. The summed E-state index contributed by atoms with van der Waals surface area (Å²) in [4.78, 5) is 12.4. The van der Waals surface area contributed by atoms with Crippen LogP contribution in [-0.4, -0.2) is 37.0 Å². The number of ether oxygens (including phenoxy) is 1. The van der Waals surface area contributed by atoms with E-state index >= 15 is 0 Å². The summed E-state index contributed by atoms with van der Waals surface area (Å²) in [7, 11) is 5.53. The summed E-state index contributed by atoms with van der Waals surface area (Å²) < 4.78 is 5.31. The van der Waals surface area contributed by atoms with Gasteiger partial charge in [0.1, 0.15) is 11.1 Å².